The minimum atomic E-state index is -0.689. The number of benzene rings is 2. The number of carbonyl (C=O) groups is 2. The highest BCUT2D eigenvalue weighted by Crippen LogP contribution is 2.24. The molecule has 0 spiro atoms. The number of nitrogens with zero attached hydrogens (tertiary/aromatic N) is 1. The van der Waals surface area contributed by atoms with Crippen LogP contribution in [0.2, 0.25) is 10.0 Å². The third kappa shape index (κ3) is 5.69. The summed E-state index contributed by atoms with van der Waals surface area (Å²) in [4.78, 5) is 27.1. The van der Waals surface area contributed by atoms with Gasteiger partial charge >= 0.3 is 0 Å². The summed E-state index contributed by atoms with van der Waals surface area (Å²) in [5.74, 6) is -1.06. The molecule has 0 saturated heterocycles. The summed E-state index contributed by atoms with van der Waals surface area (Å²) in [6, 6.07) is 10.4. The highest BCUT2D eigenvalue weighted by atomic mass is 35.5. The van der Waals surface area contributed by atoms with Crippen LogP contribution < -0.4 is 5.32 Å². The number of amides is 2. The van der Waals surface area contributed by atoms with E-state index in [1.54, 1.807) is 36.4 Å². The summed E-state index contributed by atoms with van der Waals surface area (Å²) in [6.07, 6.45) is 0.272. The molecule has 0 aliphatic heterocycles. The predicted octanol–water partition coefficient (Wildman–Crippen LogP) is 4.62. The Morgan fingerprint density at radius 1 is 1.11 bits per heavy atom. The Bertz CT molecular complexity index is 845. The lowest BCUT2D eigenvalue weighted by Crippen LogP contribution is -2.49. The third-order valence-electron chi connectivity index (χ3n) is 4.39. The van der Waals surface area contributed by atoms with Crippen molar-refractivity contribution in [3.8, 4) is 0 Å². The molecule has 1 atom stereocenters. The quantitative estimate of drug-likeness (QED) is 0.671. The predicted molar refractivity (Wildman–Crippen MR) is 110 cm³/mol. The van der Waals surface area contributed by atoms with Gasteiger partial charge in [-0.05, 0) is 42.7 Å². The Morgan fingerprint density at radius 2 is 1.82 bits per heavy atom. The van der Waals surface area contributed by atoms with E-state index in [1.165, 1.54) is 11.0 Å². The minimum Gasteiger partial charge on any atom is -0.355 e. The molecule has 0 aromatic heterocycles. The van der Waals surface area contributed by atoms with Gasteiger partial charge in [-0.3, -0.25) is 9.59 Å². The monoisotopic (exact) mass is 424 g/mol. The van der Waals surface area contributed by atoms with Gasteiger partial charge in [0.05, 0.1) is 6.42 Å². The first-order valence-electron chi connectivity index (χ1n) is 9.11. The maximum Gasteiger partial charge on any atom is 0.242 e. The normalized spacial score (nSPS) is 11.8. The summed E-state index contributed by atoms with van der Waals surface area (Å²) >= 11 is 12.2. The van der Waals surface area contributed by atoms with Crippen molar-refractivity contribution in [3.63, 3.8) is 0 Å². The van der Waals surface area contributed by atoms with Crippen LogP contribution in [-0.2, 0) is 22.6 Å². The molecule has 0 bridgehead atoms. The van der Waals surface area contributed by atoms with Crippen molar-refractivity contribution in [1.82, 2.24) is 10.2 Å². The molecule has 2 amide bonds. The second kappa shape index (κ2) is 10.4. The van der Waals surface area contributed by atoms with Gasteiger partial charge in [0.1, 0.15) is 11.9 Å². The molecule has 28 heavy (non-hydrogen) atoms. The molecule has 0 aliphatic rings. The number of hydrogen-bond donors (Lipinski definition) is 1. The fraction of sp³-hybridized carbons (Fsp3) is 0.333. The lowest BCUT2D eigenvalue weighted by atomic mass is 10.1. The Hall–Kier alpha value is -2.11. The molecule has 150 valence electrons. The molecular formula is C21H23Cl2FN2O2. The van der Waals surface area contributed by atoms with Gasteiger partial charge in [0.25, 0.3) is 0 Å². The number of carbonyl (C=O) groups excluding carboxylic acids is 2. The number of halogens is 3. The number of rotatable bonds is 8. The van der Waals surface area contributed by atoms with Gasteiger partial charge in [0.2, 0.25) is 11.8 Å². The molecule has 2 aromatic carbocycles. The minimum absolute atomic E-state index is 0.124. The summed E-state index contributed by atoms with van der Waals surface area (Å²) < 4.78 is 14.0. The molecule has 0 saturated carbocycles. The van der Waals surface area contributed by atoms with Crippen LogP contribution in [0.15, 0.2) is 42.5 Å². The van der Waals surface area contributed by atoms with Crippen molar-refractivity contribution in [2.24, 2.45) is 0 Å². The maximum atomic E-state index is 14.0. The molecule has 0 heterocycles. The molecule has 4 nitrogen and oxygen atoms in total. The maximum absolute atomic E-state index is 14.0. The van der Waals surface area contributed by atoms with E-state index in [-0.39, 0.29) is 30.3 Å². The van der Waals surface area contributed by atoms with Crippen molar-refractivity contribution in [2.45, 2.75) is 39.3 Å². The van der Waals surface area contributed by atoms with E-state index in [1.807, 2.05) is 13.8 Å². The average molecular weight is 425 g/mol. The smallest absolute Gasteiger partial charge is 0.242 e. The van der Waals surface area contributed by atoms with E-state index in [0.29, 0.717) is 28.6 Å². The van der Waals surface area contributed by atoms with Gasteiger partial charge in [-0.25, -0.2) is 4.39 Å². The molecule has 0 aliphatic carbocycles. The van der Waals surface area contributed by atoms with Gasteiger partial charge in [-0.15, -0.1) is 0 Å². The van der Waals surface area contributed by atoms with Gasteiger partial charge in [0.15, 0.2) is 0 Å². The van der Waals surface area contributed by atoms with Crippen molar-refractivity contribution in [2.75, 3.05) is 6.54 Å². The van der Waals surface area contributed by atoms with Crippen LogP contribution in [0.3, 0.4) is 0 Å². The van der Waals surface area contributed by atoms with Crippen molar-refractivity contribution >= 4 is 35.0 Å². The zero-order valence-corrected chi connectivity index (χ0v) is 17.4. The van der Waals surface area contributed by atoms with Crippen LogP contribution in [0.5, 0.6) is 0 Å². The van der Waals surface area contributed by atoms with Gasteiger partial charge in [-0.1, -0.05) is 54.4 Å². The van der Waals surface area contributed by atoms with Crippen molar-refractivity contribution < 1.29 is 14.0 Å². The first kappa shape index (κ1) is 22.2. The lowest BCUT2D eigenvalue weighted by molar-refractivity contribution is -0.140. The Labute approximate surface area is 174 Å². The van der Waals surface area contributed by atoms with Crippen molar-refractivity contribution in [3.05, 3.63) is 69.5 Å². The SMILES string of the molecule is CCNC(=O)[C@@H](CC)N(Cc1ccc(Cl)cc1Cl)C(=O)Cc1ccccc1F. The van der Waals surface area contributed by atoms with Crippen molar-refractivity contribution in [1.29, 1.82) is 0 Å². The molecule has 0 radical (unpaired) electrons. The average Bonchev–Trinajstić information content (AvgIpc) is 2.65. The van der Waals surface area contributed by atoms with E-state index in [2.05, 4.69) is 5.32 Å². The standard InChI is InChI=1S/C21H23Cl2FN2O2/c1-3-19(21(28)25-4-2)26(13-15-9-10-16(22)12-17(15)23)20(27)11-14-7-5-6-8-18(14)24/h5-10,12,19H,3-4,11,13H2,1-2H3,(H,25,28)/t19-/m1/s1. The van der Waals surface area contributed by atoms with Crippen LogP contribution in [0.4, 0.5) is 4.39 Å². The van der Waals surface area contributed by atoms with Gasteiger partial charge < -0.3 is 10.2 Å². The summed E-state index contributed by atoms with van der Waals surface area (Å²) in [5, 5.41) is 3.64. The molecular weight excluding hydrogens is 402 g/mol. The lowest BCUT2D eigenvalue weighted by Gasteiger charge is -2.31. The van der Waals surface area contributed by atoms with Crippen LogP contribution in [0.1, 0.15) is 31.4 Å². The molecule has 2 aromatic rings. The number of nitrogens with one attached hydrogen (secondary N) is 1. The number of hydrogen-bond acceptors (Lipinski definition) is 2. The molecule has 0 unspecified atom stereocenters. The topological polar surface area (TPSA) is 49.4 Å². The Morgan fingerprint density at radius 3 is 2.43 bits per heavy atom. The molecule has 2 rings (SSSR count). The van der Waals surface area contributed by atoms with Gasteiger partial charge in [0, 0.05) is 23.1 Å². The van der Waals surface area contributed by atoms with Crippen LogP contribution in [-0.4, -0.2) is 29.3 Å². The fourth-order valence-corrected chi connectivity index (χ4v) is 3.42. The summed E-state index contributed by atoms with van der Waals surface area (Å²) in [7, 11) is 0. The highest BCUT2D eigenvalue weighted by Gasteiger charge is 2.29. The highest BCUT2D eigenvalue weighted by molar-refractivity contribution is 6.35. The van der Waals surface area contributed by atoms with Crippen LogP contribution >= 0.6 is 23.2 Å². The second-order valence-electron chi connectivity index (χ2n) is 6.34. The zero-order valence-electron chi connectivity index (χ0n) is 15.8. The summed E-state index contributed by atoms with van der Waals surface area (Å²) in [5.41, 5.74) is 0.946. The fourth-order valence-electron chi connectivity index (χ4n) is 2.95. The Balaban J connectivity index is 2.35. The zero-order chi connectivity index (χ0) is 20.7. The Kier molecular flexibility index (Phi) is 8.27. The van der Waals surface area contributed by atoms with E-state index >= 15 is 0 Å². The van der Waals surface area contributed by atoms with E-state index < -0.39 is 11.9 Å². The van der Waals surface area contributed by atoms with E-state index in [4.69, 9.17) is 23.2 Å². The second-order valence-corrected chi connectivity index (χ2v) is 7.19. The molecule has 0 fully saturated rings. The molecule has 1 N–H and O–H groups in total. The summed E-state index contributed by atoms with van der Waals surface area (Å²) in [6.45, 7) is 4.21. The van der Waals surface area contributed by atoms with Crippen LogP contribution in [0.25, 0.3) is 0 Å². The third-order valence-corrected chi connectivity index (χ3v) is 4.98. The van der Waals surface area contributed by atoms with Crippen LogP contribution in [0, 0.1) is 5.82 Å². The van der Waals surface area contributed by atoms with E-state index in [0.717, 1.165) is 0 Å². The first-order chi connectivity index (χ1) is 13.4. The first-order valence-corrected chi connectivity index (χ1v) is 9.87. The van der Waals surface area contributed by atoms with Gasteiger partial charge in [-0.2, -0.15) is 0 Å². The van der Waals surface area contributed by atoms with E-state index in [9.17, 15) is 14.0 Å². The molecule has 7 heteroatoms. The largest absolute Gasteiger partial charge is 0.355 e. The number of likely N-dealkylation sites (N-methyl/N-ethyl adjacent to an activating group) is 1.